The summed E-state index contributed by atoms with van der Waals surface area (Å²) in [7, 11) is 1.65. The van der Waals surface area contributed by atoms with Gasteiger partial charge in [-0.25, -0.2) is 0 Å². The van der Waals surface area contributed by atoms with Crippen molar-refractivity contribution in [2.24, 2.45) is 10.8 Å². The van der Waals surface area contributed by atoms with Crippen molar-refractivity contribution in [3.63, 3.8) is 0 Å². The van der Waals surface area contributed by atoms with E-state index in [-0.39, 0.29) is 22.4 Å². The van der Waals surface area contributed by atoms with Crippen LogP contribution in [-0.2, 0) is 29.2 Å². The van der Waals surface area contributed by atoms with Crippen LogP contribution in [0.2, 0.25) is 0 Å². The SMILES string of the molecule is C=CCc1cc(C2C3=C(CC(C)(C)CC3=O)N(Cc3ccccc3)C3=C2C(=O)CC(C)(C)C3)cc(OC)c1OCc1ccc(C)cc1. The second-order valence-corrected chi connectivity index (χ2v) is 15.1. The number of ether oxygens (including phenoxy) is 2. The van der Waals surface area contributed by atoms with Gasteiger partial charge in [-0.3, -0.25) is 9.59 Å². The lowest BCUT2D eigenvalue weighted by molar-refractivity contribution is -0.119. The number of aryl methyl sites for hydroxylation is 1. The molecular formula is C42H47NO4. The highest BCUT2D eigenvalue weighted by Crippen LogP contribution is 2.55. The van der Waals surface area contributed by atoms with Gasteiger partial charge in [-0.15, -0.1) is 6.58 Å². The van der Waals surface area contributed by atoms with Gasteiger partial charge in [0, 0.05) is 53.4 Å². The Morgan fingerprint density at radius 3 is 1.98 bits per heavy atom. The molecule has 47 heavy (non-hydrogen) atoms. The molecule has 0 saturated heterocycles. The molecule has 3 aromatic rings. The molecule has 3 aliphatic rings. The minimum absolute atomic E-state index is 0.118. The number of rotatable bonds is 9. The molecule has 0 spiro atoms. The zero-order valence-corrected chi connectivity index (χ0v) is 28.7. The maximum atomic E-state index is 14.4. The Morgan fingerprint density at radius 2 is 1.43 bits per heavy atom. The van der Waals surface area contributed by atoms with Gasteiger partial charge in [-0.05, 0) is 59.8 Å². The Labute approximate surface area is 280 Å². The molecule has 3 aromatic carbocycles. The highest BCUT2D eigenvalue weighted by Gasteiger charge is 2.49. The van der Waals surface area contributed by atoms with Crippen LogP contribution >= 0.6 is 0 Å². The van der Waals surface area contributed by atoms with Crippen LogP contribution in [-0.4, -0.2) is 23.6 Å². The first-order chi connectivity index (χ1) is 22.4. The van der Waals surface area contributed by atoms with Crippen molar-refractivity contribution in [1.29, 1.82) is 0 Å². The molecule has 0 N–H and O–H groups in total. The molecular weight excluding hydrogens is 582 g/mol. The molecule has 0 radical (unpaired) electrons. The van der Waals surface area contributed by atoms with Crippen LogP contribution in [0, 0.1) is 17.8 Å². The number of Topliss-reactive ketones (excluding diaryl/α,β-unsaturated/α-hetero) is 2. The average Bonchev–Trinajstić information content (AvgIpc) is 3.01. The summed E-state index contributed by atoms with van der Waals surface area (Å²) < 4.78 is 12.4. The van der Waals surface area contributed by atoms with E-state index in [2.05, 4.69) is 101 Å². The van der Waals surface area contributed by atoms with Gasteiger partial charge in [-0.1, -0.05) is 100.0 Å². The zero-order valence-electron chi connectivity index (χ0n) is 28.7. The third-order valence-electron chi connectivity index (χ3n) is 9.78. The van der Waals surface area contributed by atoms with Crippen molar-refractivity contribution < 1.29 is 19.1 Å². The van der Waals surface area contributed by atoms with E-state index < -0.39 is 5.92 Å². The number of hydrogen-bond acceptors (Lipinski definition) is 5. The van der Waals surface area contributed by atoms with E-state index in [9.17, 15) is 9.59 Å². The normalized spacial score (nSPS) is 19.0. The van der Waals surface area contributed by atoms with Crippen molar-refractivity contribution in [3.8, 4) is 11.5 Å². The monoisotopic (exact) mass is 629 g/mol. The van der Waals surface area contributed by atoms with Gasteiger partial charge in [-0.2, -0.15) is 0 Å². The molecule has 244 valence electrons. The Bertz CT molecular complexity index is 1720. The number of nitrogens with zero attached hydrogens (tertiary/aromatic N) is 1. The summed E-state index contributed by atoms with van der Waals surface area (Å²) in [6.45, 7) is 15.8. The molecule has 0 unspecified atom stereocenters. The summed E-state index contributed by atoms with van der Waals surface area (Å²) in [4.78, 5) is 31.0. The van der Waals surface area contributed by atoms with E-state index in [0.29, 0.717) is 43.9 Å². The van der Waals surface area contributed by atoms with Gasteiger partial charge in [0.2, 0.25) is 0 Å². The predicted octanol–water partition coefficient (Wildman–Crippen LogP) is 9.20. The lowest BCUT2D eigenvalue weighted by Crippen LogP contribution is -2.44. The van der Waals surface area contributed by atoms with Gasteiger partial charge >= 0.3 is 0 Å². The maximum Gasteiger partial charge on any atom is 0.165 e. The smallest absolute Gasteiger partial charge is 0.165 e. The van der Waals surface area contributed by atoms with Crippen molar-refractivity contribution in [2.45, 2.75) is 85.8 Å². The summed E-state index contributed by atoms with van der Waals surface area (Å²) in [5.41, 5.74) is 8.45. The Balaban J connectivity index is 1.53. The Hall–Kier alpha value is -4.38. The minimum Gasteiger partial charge on any atom is -0.493 e. The first-order valence-electron chi connectivity index (χ1n) is 16.7. The fraction of sp³-hybridized carbons (Fsp3) is 0.381. The summed E-state index contributed by atoms with van der Waals surface area (Å²) in [5.74, 6) is 1.02. The molecule has 5 nitrogen and oxygen atoms in total. The van der Waals surface area contributed by atoms with Crippen molar-refractivity contribution in [3.05, 3.63) is 130 Å². The lowest BCUT2D eigenvalue weighted by Gasteiger charge is -2.49. The van der Waals surface area contributed by atoms with Gasteiger partial charge < -0.3 is 14.4 Å². The second-order valence-electron chi connectivity index (χ2n) is 15.1. The average molecular weight is 630 g/mol. The van der Waals surface area contributed by atoms with Crippen molar-refractivity contribution in [1.82, 2.24) is 4.90 Å². The second kappa shape index (κ2) is 12.7. The standard InChI is InChI=1S/C42H47NO4/c1-8-12-30-19-31(20-36(46-7)40(30)47-26-29-17-15-27(2)16-18-29)37-38-32(21-41(3,4)23-34(38)44)43(25-28-13-10-9-11-14-28)33-22-42(5,6)24-35(45)39(33)37/h8-11,13-20,37H,1,12,21-26H2,2-7H3. The minimum atomic E-state index is -0.470. The number of benzene rings is 3. The molecule has 6 rings (SSSR count). The lowest BCUT2D eigenvalue weighted by atomic mass is 9.63. The fourth-order valence-electron chi connectivity index (χ4n) is 7.65. The Morgan fingerprint density at radius 1 is 0.830 bits per heavy atom. The number of carbonyl (C=O) groups excluding carboxylic acids is 2. The molecule has 0 amide bonds. The van der Waals surface area contributed by atoms with E-state index in [1.54, 1.807) is 7.11 Å². The summed E-state index contributed by atoms with van der Waals surface area (Å²) in [6, 6.07) is 22.8. The van der Waals surface area contributed by atoms with E-state index in [4.69, 9.17) is 9.47 Å². The van der Waals surface area contributed by atoms with Crippen LogP contribution in [0.1, 0.15) is 87.1 Å². The third kappa shape index (κ3) is 6.58. The number of ketones is 2. The highest BCUT2D eigenvalue weighted by molar-refractivity contribution is 6.06. The van der Waals surface area contributed by atoms with E-state index in [0.717, 1.165) is 57.6 Å². The zero-order chi connectivity index (χ0) is 33.5. The number of allylic oxidation sites excluding steroid dienone is 5. The van der Waals surface area contributed by atoms with Crippen molar-refractivity contribution >= 4 is 11.6 Å². The molecule has 5 heteroatoms. The van der Waals surface area contributed by atoms with Gasteiger partial charge in [0.05, 0.1) is 7.11 Å². The third-order valence-corrected chi connectivity index (χ3v) is 9.78. The van der Waals surface area contributed by atoms with E-state index in [1.165, 1.54) is 5.56 Å². The van der Waals surface area contributed by atoms with Crippen LogP contribution in [0.25, 0.3) is 0 Å². The van der Waals surface area contributed by atoms with Crippen LogP contribution in [0.3, 0.4) is 0 Å². The highest BCUT2D eigenvalue weighted by atomic mass is 16.5. The Kier molecular flexibility index (Phi) is 8.78. The van der Waals surface area contributed by atoms with Gasteiger partial charge in [0.1, 0.15) is 6.61 Å². The van der Waals surface area contributed by atoms with Gasteiger partial charge in [0.15, 0.2) is 23.1 Å². The molecule has 1 aliphatic heterocycles. The van der Waals surface area contributed by atoms with Crippen LogP contribution in [0.4, 0.5) is 0 Å². The van der Waals surface area contributed by atoms with Gasteiger partial charge in [0.25, 0.3) is 0 Å². The predicted molar refractivity (Wildman–Crippen MR) is 187 cm³/mol. The molecule has 1 heterocycles. The quantitative estimate of drug-likeness (QED) is 0.221. The summed E-state index contributed by atoms with van der Waals surface area (Å²) in [6.07, 6.45) is 4.82. The van der Waals surface area contributed by atoms with Crippen molar-refractivity contribution in [2.75, 3.05) is 7.11 Å². The summed E-state index contributed by atoms with van der Waals surface area (Å²) >= 11 is 0. The number of carbonyl (C=O) groups is 2. The first kappa shape index (κ1) is 32.6. The van der Waals surface area contributed by atoms with Crippen LogP contribution < -0.4 is 9.47 Å². The van der Waals surface area contributed by atoms with E-state index >= 15 is 0 Å². The first-order valence-corrected chi connectivity index (χ1v) is 16.7. The maximum absolute atomic E-state index is 14.4. The van der Waals surface area contributed by atoms with E-state index in [1.807, 2.05) is 18.2 Å². The summed E-state index contributed by atoms with van der Waals surface area (Å²) in [5, 5.41) is 0. The molecule has 0 fully saturated rings. The molecule has 2 aliphatic carbocycles. The molecule has 0 aromatic heterocycles. The van der Waals surface area contributed by atoms with Crippen LogP contribution in [0.5, 0.6) is 11.5 Å². The molecule has 0 atom stereocenters. The fourth-order valence-corrected chi connectivity index (χ4v) is 7.65. The largest absolute Gasteiger partial charge is 0.493 e. The number of hydrogen-bond donors (Lipinski definition) is 0. The van der Waals surface area contributed by atoms with Crippen LogP contribution in [0.15, 0.2) is 102 Å². The molecule has 0 bridgehead atoms. The number of methoxy groups -OCH3 is 1. The molecule has 0 saturated carbocycles. The topological polar surface area (TPSA) is 55.8 Å².